The van der Waals surface area contributed by atoms with Crippen LogP contribution in [0, 0.1) is 5.82 Å². The zero-order valence-corrected chi connectivity index (χ0v) is 8.49. The molecular formula is C10H10BrF. The van der Waals surface area contributed by atoms with Crippen LogP contribution in [0.15, 0.2) is 16.6 Å². The minimum absolute atomic E-state index is 0.137. The van der Waals surface area contributed by atoms with Gasteiger partial charge in [-0.2, -0.15) is 0 Å². The van der Waals surface area contributed by atoms with Crippen LogP contribution in [-0.2, 0) is 6.42 Å². The Morgan fingerprint density at radius 3 is 3.00 bits per heavy atom. The molecular weight excluding hydrogens is 219 g/mol. The average Bonchev–Trinajstić information content (AvgIpc) is 2.35. The molecule has 0 nitrogen and oxygen atoms in total. The van der Waals surface area contributed by atoms with Gasteiger partial charge in [0, 0.05) is 0 Å². The van der Waals surface area contributed by atoms with Gasteiger partial charge >= 0.3 is 0 Å². The molecule has 1 aliphatic carbocycles. The van der Waals surface area contributed by atoms with Crippen molar-refractivity contribution in [1.82, 2.24) is 0 Å². The average molecular weight is 229 g/mol. The summed E-state index contributed by atoms with van der Waals surface area (Å²) in [5, 5.41) is 0. The molecule has 1 aliphatic rings. The fourth-order valence-electron chi connectivity index (χ4n) is 1.81. The largest absolute Gasteiger partial charge is 0.206 e. The van der Waals surface area contributed by atoms with E-state index >= 15 is 0 Å². The van der Waals surface area contributed by atoms with Crippen LogP contribution in [0.25, 0.3) is 0 Å². The van der Waals surface area contributed by atoms with Crippen molar-refractivity contribution in [3.63, 3.8) is 0 Å². The Bertz CT molecular complexity index is 320. The normalized spacial score (nSPS) is 21.1. The Balaban J connectivity index is 2.56. The van der Waals surface area contributed by atoms with E-state index in [2.05, 4.69) is 22.9 Å². The van der Waals surface area contributed by atoms with Crippen LogP contribution in [0.1, 0.15) is 30.4 Å². The number of fused-ring (bicyclic) bond motifs is 1. The molecule has 0 amide bonds. The number of hydrogen-bond acceptors (Lipinski definition) is 0. The van der Waals surface area contributed by atoms with Crippen LogP contribution < -0.4 is 0 Å². The fraction of sp³-hybridized carbons (Fsp3) is 0.400. The Morgan fingerprint density at radius 2 is 2.25 bits per heavy atom. The van der Waals surface area contributed by atoms with Crippen molar-refractivity contribution in [2.24, 2.45) is 0 Å². The molecule has 0 radical (unpaired) electrons. The van der Waals surface area contributed by atoms with Crippen molar-refractivity contribution in [3.05, 3.63) is 33.5 Å². The van der Waals surface area contributed by atoms with Crippen LogP contribution in [-0.4, -0.2) is 0 Å². The summed E-state index contributed by atoms with van der Waals surface area (Å²) in [7, 11) is 0. The van der Waals surface area contributed by atoms with Gasteiger partial charge in [0.15, 0.2) is 0 Å². The summed E-state index contributed by atoms with van der Waals surface area (Å²) < 4.78 is 13.7. The van der Waals surface area contributed by atoms with Crippen LogP contribution in [0.2, 0.25) is 0 Å². The van der Waals surface area contributed by atoms with E-state index in [0.29, 0.717) is 10.4 Å². The van der Waals surface area contributed by atoms with Crippen molar-refractivity contribution < 1.29 is 4.39 Å². The molecule has 0 saturated carbocycles. The van der Waals surface area contributed by atoms with E-state index in [0.717, 1.165) is 12.8 Å². The number of benzene rings is 1. The van der Waals surface area contributed by atoms with E-state index < -0.39 is 0 Å². The molecule has 1 aromatic rings. The SMILES string of the molecule is CC1CCc2cc(Br)c(F)cc21. The minimum atomic E-state index is -0.137. The first-order chi connectivity index (χ1) is 5.68. The summed E-state index contributed by atoms with van der Waals surface area (Å²) >= 11 is 3.19. The minimum Gasteiger partial charge on any atom is -0.206 e. The van der Waals surface area contributed by atoms with Crippen LogP contribution >= 0.6 is 15.9 Å². The summed E-state index contributed by atoms with van der Waals surface area (Å²) in [5.41, 5.74) is 2.49. The monoisotopic (exact) mass is 228 g/mol. The van der Waals surface area contributed by atoms with Gasteiger partial charge in [-0.25, -0.2) is 4.39 Å². The summed E-state index contributed by atoms with van der Waals surface area (Å²) in [5.74, 6) is 0.394. The standard InChI is InChI=1S/C10H10BrF/c1-6-2-3-7-4-9(11)10(12)5-8(6)7/h4-6H,2-3H2,1H3. The Hall–Kier alpha value is -0.370. The highest BCUT2D eigenvalue weighted by molar-refractivity contribution is 9.10. The molecule has 1 atom stereocenters. The highest BCUT2D eigenvalue weighted by atomic mass is 79.9. The van der Waals surface area contributed by atoms with Crippen molar-refractivity contribution in [1.29, 1.82) is 0 Å². The number of rotatable bonds is 0. The molecule has 2 rings (SSSR count). The van der Waals surface area contributed by atoms with Gasteiger partial charge in [-0.05, 0) is 57.9 Å². The van der Waals surface area contributed by atoms with E-state index in [4.69, 9.17) is 0 Å². The smallest absolute Gasteiger partial charge is 0.137 e. The molecule has 0 N–H and O–H groups in total. The zero-order valence-electron chi connectivity index (χ0n) is 6.90. The van der Waals surface area contributed by atoms with Crippen molar-refractivity contribution >= 4 is 15.9 Å². The lowest BCUT2D eigenvalue weighted by Gasteiger charge is -2.04. The first-order valence-corrected chi connectivity index (χ1v) is 4.95. The van der Waals surface area contributed by atoms with E-state index in [1.165, 1.54) is 11.1 Å². The lowest BCUT2D eigenvalue weighted by molar-refractivity contribution is 0.617. The third-order valence-electron chi connectivity index (χ3n) is 2.56. The number of halogens is 2. The molecule has 0 aromatic heterocycles. The van der Waals surface area contributed by atoms with Gasteiger partial charge in [0.1, 0.15) is 5.82 Å². The van der Waals surface area contributed by atoms with Crippen LogP contribution in [0.3, 0.4) is 0 Å². The molecule has 1 aromatic carbocycles. The van der Waals surface area contributed by atoms with Gasteiger partial charge in [-0.15, -0.1) is 0 Å². The molecule has 0 aliphatic heterocycles. The molecule has 0 fully saturated rings. The van der Waals surface area contributed by atoms with E-state index in [1.807, 2.05) is 6.07 Å². The predicted octanol–water partition coefficient (Wildman–Crippen LogP) is 3.64. The van der Waals surface area contributed by atoms with Crippen LogP contribution in [0.5, 0.6) is 0 Å². The second kappa shape index (κ2) is 2.84. The lowest BCUT2D eigenvalue weighted by Crippen LogP contribution is -1.89. The fourth-order valence-corrected chi connectivity index (χ4v) is 2.20. The maximum atomic E-state index is 13.1. The van der Waals surface area contributed by atoms with Crippen molar-refractivity contribution in [2.75, 3.05) is 0 Å². The van der Waals surface area contributed by atoms with E-state index in [1.54, 1.807) is 6.07 Å². The molecule has 12 heavy (non-hydrogen) atoms. The first kappa shape index (κ1) is 8.24. The molecule has 0 spiro atoms. The number of aryl methyl sites for hydroxylation is 1. The summed E-state index contributed by atoms with van der Waals surface area (Å²) in [6, 6.07) is 3.57. The van der Waals surface area contributed by atoms with Crippen molar-refractivity contribution in [2.45, 2.75) is 25.7 Å². The molecule has 2 heteroatoms. The first-order valence-electron chi connectivity index (χ1n) is 4.16. The molecule has 0 saturated heterocycles. The Morgan fingerprint density at radius 1 is 1.50 bits per heavy atom. The second-order valence-corrected chi connectivity index (χ2v) is 4.26. The second-order valence-electron chi connectivity index (χ2n) is 3.40. The number of hydrogen-bond donors (Lipinski definition) is 0. The van der Waals surface area contributed by atoms with Gasteiger partial charge in [0.05, 0.1) is 4.47 Å². The van der Waals surface area contributed by atoms with Gasteiger partial charge in [0.25, 0.3) is 0 Å². The summed E-state index contributed by atoms with van der Waals surface area (Å²) in [4.78, 5) is 0. The molecule has 1 unspecified atom stereocenters. The maximum absolute atomic E-state index is 13.1. The van der Waals surface area contributed by atoms with E-state index in [-0.39, 0.29) is 5.82 Å². The zero-order chi connectivity index (χ0) is 8.72. The third kappa shape index (κ3) is 1.18. The lowest BCUT2D eigenvalue weighted by atomic mass is 10.0. The maximum Gasteiger partial charge on any atom is 0.137 e. The Labute approximate surface area is 79.9 Å². The molecule has 64 valence electrons. The van der Waals surface area contributed by atoms with Gasteiger partial charge in [0.2, 0.25) is 0 Å². The van der Waals surface area contributed by atoms with Gasteiger partial charge < -0.3 is 0 Å². The van der Waals surface area contributed by atoms with Gasteiger partial charge in [-0.1, -0.05) is 6.92 Å². The van der Waals surface area contributed by atoms with Gasteiger partial charge in [-0.3, -0.25) is 0 Å². The summed E-state index contributed by atoms with van der Waals surface area (Å²) in [6.45, 7) is 2.15. The summed E-state index contributed by atoms with van der Waals surface area (Å²) in [6.07, 6.45) is 2.25. The quantitative estimate of drug-likeness (QED) is 0.637. The predicted molar refractivity (Wildman–Crippen MR) is 50.8 cm³/mol. The highest BCUT2D eigenvalue weighted by Crippen LogP contribution is 2.35. The highest BCUT2D eigenvalue weighted by Gasteiger charge is 2.19. The van der Waals surface area contributed by atoms with Crippen LogP contribution in [0.4, 0.5) is 4.39 Å². The Kier molecular flexibility index (Phi) is 1.95. The van der Waals surface area contributed by atoms with Crippen molar-refractivity contribution in [3.8, 4) is 0 Å². The topological polar surface area (TPSA) is 0 Å². The van der Waals surface area contributed by atoms with E-state index in [9.17, 15) is 4.39 Å². The third-order valence-corrected chi connectivity index (χ3v) is 3.17. The molecule has 0 bridgehead atoms. The molecule has 0 heterocycles.